The molecule has 128 valence electrons. The molecule has 0 aliphatic heterocycles. The van der Waals surface area contributed by atoms with Crippen LogP contribution in [0.15, 0.2) is 82.4 Å². The second-order valence-electron chi connectivity index (χ2n) is 5.48. The molecule has 1 aromatic heterocycles. The number of hydrazone groups is 1. The van der Waals surface area contributed by atoms with E-state index in [-0.39, 0.29) is 0 Å². The summed E-state index contributed by atoms with van der Waals surface area (Å²) in [5.41, 5.74) is 4.93. The van der Waals surface area contributed by atoms with Gasteiger partial charge in [-0.05, 0) is 66.2 Å². The first-order valence-corrected chi connectivity index (χ1v) is 9.55. The second kappa shape index (κ2) is 7.68. The number of fused-ring (bicyclic) bond motifs is 1. The zero-order chi connectivity index (χ0) is 17.8. The molecule has 0 spiro atoms. The van der Waals surface area contributed by atoms with Gasteiger partial charge in [0, 0.05) is 4.47 Å². The molecule has 4 nitrogen and oxygen atoms in total. The maximum Gasteiger partial charge on any atom is 0.204 e. The Balaban J connectivity index is 1.38. The van der Waals surface area contributed by atoms with Crippen molar-refractivity contribution < 1.29 is 4.74 Å². The maximum absolute atomic E-state index is 5.81. The van der Waals surface area contributed by atoms with Crippen LogP contribution in [0.2, 0.25) is 0 Å². The molecule has 0 saturated carbocycles. The number of rotatable bonds is 5. The molecule has 0 unspecified atom stereocenters. The SMILES string of the molecule is Brc1ccc(Oc2ccc(/C=N/Nc3nc4ccccc4s3)cc2)cc1. The molecule has 0 aliphatic rings. The van der Waals surface area contributed by atoms with E-state index in [2.05, 4.69) is 31.4 Å². The highest BCUT2D eigenvalue weighted by Crippen LogP contribution is 2.25. The summed E-state index contributed by atoms with van der Waals surface area (Å²) < 4.78 is 7.97. The fraction of sp³-hybridized carbons (Fsp3) is 0. The molecular formula is C20H14BrN3OS. The summed E-state index contributed by atoms with van der Waals surface area (Å²) in [5, 5.41) is 5.03. The number of benzene rings is 3. The van der Waals surface area contributed by atoms with Crippen LogP contribution >= 0.6 is 27.3 Å². The number of nitrogens with zero attached hydrogens (tertiary/aromatic N) is 2. The summed E-state index contributed by atoms with van der Waals surface area (Å²) in [4.78, 5) is 4.48. The zero-order valence-corrected chi connectivity index (χ0v) is 16.0. The molecule has 4 aromatic rings. The Morgan fingerprint density at radius 1 is 0.923 bits per heavy atom. The van der Waals surface area contributed by atoms with Crippen LogP contribution in [-0.4, -0.2) is 11.2 Å². The third-order valence-corrected chi connectivity index (χ3v) is 5.07. The Morgan fingerprint density at radius 2 is 1.62 bits per heavy atom. The average molecular weight is 424 g/mol. The molecule has 6 heteroatoms. The van der Waals surface area contributed by atoms with Crippen LogP contribution in [0.5, 0.6) is 11.5 Å². The predicted octanol–water partition coefficient (Wildman–Crippen LogP) is 6.30. The first kappa shape index (κ1) is 16.8. The number of anilines is 1. The Morgan fingerprint density at radius 3 is 2.35 bits per heavy atom. The van der Waals surface area contributed by atoms with Gasteiger partial charge in [0.15, 0.2) is 0 Å². The quantitative estimate of drug-likeness (QED) is 0.302. The normalized spacial score (nSPS) is 11.1. The van der Waals surface area contributed by atoms with Gasteiger partial charge in [-0.25, -0.2) is 4.98 Å². The van der Waals surface area contributed by atoms with Crippen LogP contribution in [0, 0.1) is 0 Å². The minimum atomic E-state index is 0.776. The van der Waals surface area contributed by atoms with Crippen LogP contribution in [-0.2, 0) is 0 Å². The number of halogens is 1. The van der Waals surface area contributed by atoms with Gasteiger partial charge in [-0.3, -0.25) is 5.43 Å². The fourth-order valence-electron chi connectivity index (χ4n) is 2.34. The highest BCUT2D eigenvalue weighted by Gasteiger charge is 2.01. The highest BCUT2D eigenvalue weighted by molar-refractivity contribution is 9.10. The number of thiazole rings is 1. The molecule has 1 N–H and O–H groups in total. The summed E-state index contributed by atoms with van der Waals surface area (Å²) in [6.45, 7) is 0. The Labute approximate surface area is 163 Å². The lowest BCUT2D eigenvalue weighted by Gasteiger charge is -2.05. The summed E-state index contributed by atoms with van der Waals surface area (Å²) in [6.07, 6.45) is 1.76. The van der Waals surface area contributed by atoms with E-state index in [1.54, 1.807) is 17.6 Å². The summed E-state index contributed by atoms with van der Waals surface area (Å²) >= 11 is 4.99. The maximum atomic E-state index is 5.81. The van der Waals surface area contributed by atoms with E-state index in [1.807, 2.05) is 72.8 Å². The Hall–Kier alpha value is -2.70. The van der Waals surface area contributed by atoms with Crippen molar-refractivity contribution in [1.29, 1.82) is 0 Å². The molecule has 0 radical (unpaired) electrons. The number of hydrogen-bond donors (Lipinski definition) is 1. The fourth-order valence-corrected chi connectivity index (χ4v) is 3.42. The molecule has 26 heavy (non-hydrogen) atoms. The zero-order valence-electron chi connectivity index (χ0n) is 13.6. The van der Waals surface area contributed by atoms with Gasteiger partial charge in [0.1, 0.15) is 11.5 Å². The van der Waals surface area contributed by atoms with Gasteiger partial charge in [0.2, 0.25) is 5.13 Å². The molecule has 3 aromatic carbocycles. The largest absolute Gasteiger partial charge is 0.457 e. The van der Waals surface area contributed by atoms with Gasteiger partial charge in [0.05, 0.1) is 16.4 Å². The Kier molecular flexibility index (Phi) is 4.95. The van der Waals surface area contributed by atoms with Crippen LogP contribution in [0.1, 0.15) is 5.56 Å². The van der Waals surface area contributed by atoms with Crippen molar-refractivity contribution in [3.63, 3.8) is 0 Å². The summed E-state index contributed by atoms with van der Waals surface area (Å²) in [5.74, 6) is 1.58. The van der Waals surface area contributed by atoms with E-state index in [0.717, 1.165) is 36.9 Å². The van der Waals surface area contributed by atoms with Crippen LogP contribution in [0.3, 0.4) is 0 Å². The van der Waals surface area contributed by atoms with Crippen molar-refractivity contribution in [3.05, 3.63) is 82.8 Å². The third kappa shape index (κ3) is 4.09. The minimum absolute atomic E-state index is 0.776. The number of hydrogen-bond acceptors (Lipinski definition) is 5. The van der Waals surface area contributed by atoms with E-state index < -0.39 is 0 Å². The first-order chi connectivity index (χ1) is 12.8. The standard InChI is InChI=1S/C20H14BrN3OS/c21-15-7-11-17(12-8-15)25-16-9-5-14(6-10-16)13-22-24-20-23-18-3-1-2-4-19(18)26-20/h1-13H,(H,23,24)/b22-13+. The second-order valence-corrected chi connectivity index (χ2v) is 7.43. The van der Waals surface area contributed by atoms with E-state index in [0.29, 0.717) is 0 Å². The molecule has 4 rings (SSSR count). The lowest BCUT2D eigenvalue weighted by atomic mass is 10.2. The van der Waals surface area contributed by atoms with E-state index >= 15 is 0 Å². The number of aromatic nitrogens is 1. The molecule has 0 saturated heterocycles. The van der Waals surface area contributed by atoms with Crippen molar-refractivity contribution in [2.75, 3.05) is 5.43 Å². The van der Waals surface area contributed by atoms with Gasteiger partial charge >= 0.3 is 0 Å². The monoisotopic (exact) mass is 423 g/mol. The number of para-hydroxylation sites is 1. The van der Waals surface area contributed by atoms with Gasteiger partial charge in [-0.1, -0.05) is 39.4 Å². The number of ether oxygens (including phenoxy) is 1. The topological polar surface area (TPSA) is 46.5 Å². The van der Waals surface area contributed by atoms with Gasteiger partial charge in [-0.15, -0.1) is 0 Å². The third-order valence-electron chi connectivity index (χ3n) is 3.60. The first-order valence-electron chi connectivity index (χ1n) is 7.94. The molecule has 1 heterocycles. The molecule has 0 bridgehead atoms. The predicted molar refractivity (Wildman–Crippen MR) is 111 cm³/mol. The minimum Gasteiger partial charge on any atom is -0.457 e. The van der Waals surface area contributed by atoms with Crippen molar-refractivity contribution in [2.45, 2.75) is 0 Å². The van der Waals surface area contributed by atoms with Gasteiger partial charge < -0.3 is 4.74 Å². The van der Waals surface area contributed by atoms with Crippen molar-refractivity contribution in [2.24, 2.45) is 5.10 Å². The smallest absolute Gasteiger partial charge is 0.204 e. The number of nitrogens with one attached hydrogen (secondary N) is 1. The van der Waals surface area contributed by atoms with Crippen molar-refractivity contribution >= 4 is 48.8 Å². The summed E-state index contributed by atoms with van der Waals surface area (Å²) in [6, 6.07) is 23.5. The highest BCUT2D eigenvalue weighted by atomic mass is 79.9. The van der Waals surface area contributed by atoms with Gasteiger partial charge in [-0.2, -0.15) is 5.10 Å². The van der Waals surface area contributed by atoms with Crippen LogP contribution in [0.25, 0.3) is 10.2 Å². The summed E-state index contributed by atoms with van der Waals surface area (Å²) in [7, 11) is 0. The molecule has 0 atom stereocenters. The molecule has 0 fully saturated rings. The van der Waals surface area contributed by atoms with E-state index in [1.165, 1.54) is 0 Å². The lowest BCUT2D eigenvalue weighted by molar-refractivity contribution is 0.482. The van der Waals surface area contributed by atoms with E-state index in [4.69, 9.17) is 4.74 Å². The molecule has 0 aliphatic carbocycles. The van der Waals surface area contributed by atoms with Gasteiger partial charge in [0.25, 0.3) is 0 Å². The molecular weight excluding hydrogens is 410 g/mol. The van der Waals surface area contributed by atoms with Crippen molar-refractivity contribution in [1.82, 2.24) is 4.98 Å². The van der Waals surface area contributed by atoms with Crippen molar-refractivity contribution in [3.8, 4) is 11.5 Å². The van der Waals surface area contributed by atoms with E-state index in [9.17, 15) is 0 Å². The van der Waals surface area contributed by atoms with Crippen LogP contribution < -0.4 is 10.2 Å². The average Bonchev–Trinajstić information content (AvgIpc) is 3.08. The van der Waals surface area contributed by atoms with Crippen LogP contribution in [0.4, 0.5) is 5.13 Å². The Bertz CT molecular complexity index is 1010. The lowest BCUT2D eigenvalue weighted by Crippen LogP contribution is -1.90. The molecule has 0 amide bonds.